The van der Waals surface area contributed by atoms with Crippen LogP contribution in [0.4, 0.5) is 0 Å². The number of hydrogen-bond acceptors (Lipinski definition) is 5. The molecule has 2 aromatic rings. The summed E-state index contributed by atoms with van der Waals surface area (Å²) in [5.74, 6) is 1.64. The quantitative estimate of drug-likeness (QED) is 0.772. The predicted molar refractivity (Wildman–Crippen MR) is 99.2 cm³/mol. The Morgan fingerprint density at radius 2 is 1.76 bits per heavy atom. The van der Waals surface area contributed by atoms with Gasteiger partial charge in [-0.25, -0.2) is 4.68 Å². The van der Waals surface area contributed by atoms with Gasteiger partial charge in [0.2, 0.25) is 0 Å². The van der Waals surface area contributed by atoms with Gasteiger partial charge in [0.25, 0.3) is 0 Å². The van der Waals surface area contributed by atoms with Crippen molar-refractivity contribution in [1.82, 2.24) is 30.0 Å². The van der Waals surface area contributed by atoms with Gasteiger partial charge in [0.15, 0.2) is 5.82 Å². The molecule has 0 bridgehead atoms. The van der Waals surface area contributed by atoms with Crippen LogP contribution in [0.2, 0.25) is 0 Å². The van der Waals surface area contributed by atoms with E-state index in [-0.39, 0.29) is 0 Å². The Morgan fingerprint density at radius 3 is 2.44 bits per heavy atom. The summed E-state index contributed by atoms with van der Waals surface area (Å²) in [6.07, 6.45) is 2.05. The first-order chi connectivity index (χ1) is 12.1. The maximum atomic E-state index is 4.42. The van der Waals surface area contributed by atoms with Gasteiger partial charge in [0.05, 0.1) is 6.04 Å². The van der Waals surface area contributed by atoms with Gasteiger partial charge >= 0.3 is 0 Å². The summed E-state index contributed by atoms with van der Waals surface area (Å²) >= 11 is 0. The van der Waals surface area contributed by atoms with Gasteiger partial charge in [-0.05, 0) is 41.8 Å². The van der Waals surface area contributed by atoms with Crippen molar-refractivity contribution in [1.29, 1.82) is 0 Å². The summed E-state index contributed by atoms with van der Waals surface area (Å²) in [5.41, 5.74) is 1.32. The van der Waals surface area contributed by atoms with Crippen molar-refractivity contribution in [3.8, 4) is 0 Å². The highest BCUT2D eigenvalue weighted by Gasteiger charge is 2.28. The number of hydrogen-bond donors (Lipinski definition) is 0. The molecule has 1 aliphatic heterocycles. The highest BCUT2D eigenvalue weighted by molar-refractivity contribution is 5.14. The molecule has 6 nitrogen and oxygen atoms in total. The molecule has 136 valence electrons. The molecule has 25 heavy (non-hydrogen) atoms. The minimum absolute atomic E-state index is 0.305. The number of aromatic nitrogens is 4. The highest BCUT2D eigenvalue weighted by Crippen LogP contribution is 2.27. The molecule has 0 amide bonds. The number of benzene rings is 1. The molecule has 3 rings (SSSR count). The lowest BCUT2D eigenvalue weighted by atomic mass is 10.0. The Kier molecular flexibility index (Phi) is 6.15. The summed E-state index contributed by atoms with van der Waals surface area (Å²) in [4.78, 5) is 4.95. The second kappa shape index (κ2) is 8.54. The molecule has 1 aromatic carbocycles. The molecule has 0 unspecified atom stereocenters. The molecule has 0 spiro atoms. The molecule has 0 radical (unpaired) electrons. The molecule has 0 N–H and O–H groups in total. The van der Waals surface area contributed by atoms with Crippen LogP contribution in [0.25, 0.3) is 0 Å². The van der Waals surface area contributed by atoms with Crippen LogP contribution in [0.1, 0.15) is 37.7 Å². The van der Waals surface area contributed by atoms with Gasteiger partial charge in [-0.1, -0.05) is 44.2 Å². The fourth-order valence-corrected chi connectivity index (χ4v) is 3.49. The average molecular weight is 342 g/mol. The molecule has 1 saturated heterocycles. The number of rotatable bonds is 7. The van der Waals surface area contributed by atoms with E-state index >= 15 is 0 Å². The Labute approximate surface area is 150 Å². The maximum absolute atomic E-state index is 4.42. The van der Waals surface area contributed by atoms with Gasteiger partial charge in [-0.15, -0.1) is 5.10 Å². The van der Waals surface area contributed by atoms with Gasteiger partial charge in [-0.2, -0.15) is 0 Å². The van der Waals surface area contributed by atoms with E-state index in [4.69, 9.17) is 0 Å². The normalized spacial score (nSPS) is 17.9. The first kappa shape index (κ1) is 18.0. The number of nitrogens with zero attached hydrogens (tertiary/aromatic N) is 6. The van der Waals surface area contributed by atoms with Gasteiger partial charge < -0.3 is 4.90 Å². The Balaban J connectivity index is 1.73. The lowest BCUT2D eigenvalue weighted by molar-refractivity contribution is 0.0931. The van der Waals surface area contributed by atoms with Crippen molar-refractivity contribution in [3.63, 3.8) is 0 Å². The Bertz CT molecular complexity index is 630. The van der Waals surface area contributed by atoms with Crippen LogP contribution in [0.3, 0.4) is 0 Å². The Hall–Kier alpha value is -1.79. The standard InChI is InChI=1S/C19H30N6/c1-16(2)15-18(24-13-11-23(3)12-14-24)19-20-21-22-25(19)10-9-17-7-5-4-6-8-17/h4-8,16,18H,9-15H2,1-3H3/t18-/m0/s1. The Morgan fingerprint density at radius 1 is 1.04 bits per heavy atom. The van der Waals surface area contributed by atoms with Crippen LogP contribution in [-0.2, 0) is 13.0 Å². The third kappa shape index (κ3) is 4.86. The van der Waals surface area contributed by atoms with E-state index in [0.29, 0.717) is 12.0 Å². The monoisotopic (exact) mass is 342 g/mol. The minimum Gasteiger partial charge on any atom is -0.304 e. The van der Waals surface area contributed by atoms with Crippen molar-refractivity contribution in [2.75, 3.05) is 33.2 Å². The molecule has 0 aliphatic carbocycles. The lowest BCUT2D eigenvalue weighted by Crippen LogP contribution is -2.46. The van der Waals surface area contributed by atoms with Crippen molar-refractivity contribution in [2.45, 2.75) is 39.3 Å². The summed E-state index contributed by atoms with van der Waals surface area (Å²) < 4.78 is 2.01. The smallest absolute Gasteiger partial charge is 0.168 e. The summed E-state index contributed by atoms with van der Waals surface area (Å²) in [5, 5.41) is 12.7. The SMILES string of the molecule is CC(C)C[C@@H](c1nnnn1CCc1ccccc1)N1CCN(C)CC1. The second-order valence-electron chi connectivity index (χ2n) is 7.48. The van der Waals surface area contributed by atoms with Crippen molar-refractivity contribution in [3.05, 3.63) is 41.7 Å². The number of aryl methyl sites for hydroxylation is 2. The highest BCUT2D eigenvalue weighted by atomic mass is 15.5. The van der Waals surface area contributed by atoms with Crippen LogP contribution < -0.4 is 0 Å². The number of piperazine rings is 1. The molecule has 2 heterocycles. The van der Waals surface area contributed by atoms with Gasteiger partial charge in [-0.3, -0.25) is 4.90 Å². The topological polar surface area (TPSA) is 50.1 Å². The van der Waals surface area contributed by atoms with E-state index < -0.39 is 0 Å². The molecule has 1 atom stereocenters. The van der Waals surface area contributed by atoms with E-state index in [1.807, 2.05) is 4.68 Å². The first-order valence-electron chi connectivity index (χ1n) is 9.36. The zero-order valence-corrected chi connectivity index (χ0v) is 15.7. The largest absolute Gasteiger partial charge is 0.304 e. The predicted octanol–water partition coefficient (Wildman–Crippen LogP) is 2.25. The molecule has 0 saturated carbocycles. The van der Waals surface area contributed by atoms with Crippen LogP contribution in [0, 0.1) is 5.92 Å². The van der Waals surface area contributed by atoms with E-state index in [0.717, 1.165) is 51.4 Å². The fourth-order valence-electron chi connectivity index (χ4n) is 3.49. The van der Waals surface area contributed by atoms with E-state index in [2.05, 4.69) is 76.6 Å². The molecule has 1 fully saturated rings. The molecule has 6 heteroatoms. The molecular weight excluding hydrogens is 312 g/mol. The van der Waals surface area contributed by atoms with Crippen LogP contribution in [0.5, 0.6) is 0 Å². The maximum Gasteiger partial charge on any atom is 0.168 e. The first-order valence-corrected chi connectivity index (χ1v) is 9.36. The van der Waals surface area contributed by atoms with Crippen LogP contribution >= 0.6 is 0 Å². The van der Waals surface area contributed by atoms with Crippen LogP contribution in [0.15, 0.2) is 30.3 Å². The molecule has 1 aromatic heterocycles. The molecular formula is C19H30N6. The lowest BCUT2D eigenvalue weighted by Gasteiger charge is -2.38. The second-order valence-corrected chi connectivity index (χ2v) is 7.48. The van der Waals surface area contributed by atoms with Gasteiger partial charge in [0.1, 0.15) is 0 Å². The van der Waals surface area contributed by atoms with Crippen molar-refractivity contribution in [2.24, 2.45) is 5.92 Å². The summed E-state index contributed by atoms with van der Waals surface area (Å²) in [7, 11) is 2.19. The number of tetrazole rings is 1. The third-order valence-electron chi connectivity index (χ3n) is 4.99. The minimum atomic E-state index is 0.305. The zero-order chi connectivity index (χ0) is 17.6. The van der Waals surface area contributed by atoms with Crippen molar-refractivity contribution >= 4 is 0 Å². The fraction of sp³-hybridized carbons (Fsp3) is 0.632. The van der Waals surface area contributed by atoms with E-state index in [9.17, 15) is 0 Å². The number of likely N-dealkylation sites (N-methyl/N-ethyl adjacent to an activating group) is 1. The molecule has 1 aliphatic rings. The third-order valence-corrected chi connectivity index (χ3v) is 4.99. The summed E-state index contributed by atoms with van der Waals surface area (Å²) in [6, 6.07) is 10.9. The zero-order valence-electron chi connectivity index (χ0n) is 15.7. The van der Waals surface area contributed by atoms with E-state index in [1.54, 1.807) is 0 Å². The average Bonchev–Trinajstić information content (AvgIpc) is 3.08. The van der Waals surface area contributed by atoms with Crippen molar-refractivity contribution < 1.29 is 0 Å². The van der Waals surface area contributed by atoms with Gasteiger partial charge in [0, 0.05) is 32.7 Å². The van der Waals surface area contributed by atoms with Crippen LogP contribution in [-0.4, -0.2) is 63.2 Å². The summed E-state index contributed by atoms with van der Waals surface area (Å²) in [6.45, 7) is 9.77. The van der Waals surface area contributed by atoms with E-state index in [1.165, 1.54) is 5.56 Å².